The van der Waals surface area contributed by atoms with Crippen molar-refractivity contribution < 1.29 is 19.1 Å². The molecule has 0 atom stereocenters. The van der Waals surface area contributed by atoms with E-state index in [1.807, 2.05) is 0 Å². The first kappa shape index (κ1) is 40.4. The van der Waals surface area contributed by atoms with Crippen molar-refractivity contribution >= 4 is 11.9 Å². The van der Waals surface area contributed by atoms with Gasteiger partial charge in [0.25, 0.3) is 0 Å². The molecule has 4 heteroatoms. The molecule has 0 bridgehead atoms. The van der Waals surface area contributed by atoms with Gasteiger partial charge >= 0.3 is 11.9 Å². The Morgan fingerprint density at radius 3 is 1.05 bits per heavy atom. The van der Waals surface area contributed by atoms with Crippen LogP contribution in [0.15, 0.2) is 72.9 Å². The van der Waals surface area contributed by atoms with Crippen molar-refractivity contribution in [2.75, 3.05) is 13.2 Å². The molecule has 244 valence electrons. The fraction of sp³-hybridized carbons (Fsp3) is 0.641. The highest BCUT2D eigenvalue weighted by molar-refractivity contribution is 5.91. The van der Waals surface area contributed by atoms with Gasteiger partial charge in [-0.15, -0.1) is 0 Å². The molecule has 0 heterocycles. The summed E-state index contributed by atoms with van der Waals surface area (Å²) < 4.78 is 10.4. The third-order valence-corrected chi connectivity index (χ3v) is 7.00. The molecule has 0 aliphatic heterocycles. The van der Waals surface area contributed by atoms with E-state index in [0.29, 0.717) is 13.2 Å². The Morgan fingerprint density at radius 2 is 0.698 bits per heavy atom. The molecule has 4 nitrogen and oxygen atoms in total. The predicted octanol–water partition coefficient (Wildman–Crippen LogP) is 11.6. The lowest BCUT2D eigenvalue weighted by atomic mass is 10.1. The van der Waals surface area contributed by atoms with Crippen LogP contribution in [0.3, 0.4) is 0 Å². The average Bonchev–Trinajstić information content (AvgIpc) is 3.00. The summed E-state index contributed by atoms with van der Waals surface area (Å²) in [6.07, 6.45) is 48.5. The first-order chi connectivity index (χ1) is 21.2. The first-order valence-corrected chi connectivity index (χ1v) is 17.5. The zero-order chi connectivity index (χ0) is 31.3. The number of carbonyl (C=O) groups is 2. The molecule has 0 N–H and O–H groups in total. The quantitative estimate of drug-likeness (QED) is 0.0358. The largest absolute Gasteiger partial charge is 0.465 e. The number of rotatable bonds is 30. The minimum absolute atomic E-state index is 0.282. The Labute approximate surface area is 265 Å². The molecule has 0 unspecified atom stereocenters. The van der Waals surface area contributed by atoms with Crippen molar-refractivity contribution in [2.45, 2.75) is 149 Å². The molecule has 0 aromatic rings. The minimum atomic E-state index is -0.477. The zero-order valence-electron chi connectivity index (χ0n) is 27.8. The average molecular weight is 597 g/mol. The van der Waals surface area contributed by atoms with Crippen LogP contribution in [0.1, 0.15) is 149 Å². The molecule has 0 saturated heterocycles. The van der Waals surface area contributed by atoms with Gasteiger partial charge in [0.15, 0.2) is 0 Å². The van der Waals surface area contributed by atoms with E-state index in [1.54, 1.807) is 0 Å². The van der Waals surface area contributed by atoms with Crippen LogP contribution < -0.4 is 0 Å². The summed E-state index contributed by atoms with van der Waals surface area (Å²) in [4.78, 5) is 23.7. The van der Waals surface area contributed by atoms with Gasteiger partial charge in [0.2, 0.25) is 0 Å². The number of esters is 2. The molecule has 0 saturated carbocycles. The van der Waals surface area contributed by atoms with Gasteiger partial charge in [0.05, 0.1) is 13.2 Å². The van der Waals surface area contributed by atoms with Crippen LogP contribution in [0.25, 0.3) is 0 Å². The molecule has 0 aliphatic carbocycles. The van der Waals surface area contributed by atoms with Crippen molar-refractivity contribution in [3.63, 3.8) is 0 Å². The predicted molar refractivity (Wildman–Crippen MR) is 185 cm³/mol. The molecule has 0 fully saturated rings. The molecular formula is C39H64O4. The summed E-state index contributed by atoms with van der Waals surface area (Å²) in [6, 6.07) is 0. The monoisotopic (exact) mass is 596 g/mol. The van der Waals surface area contributed by atoms with Crippen LogP contribution in [-0.2, 0) is 19.1 Å². The van der Waals surface area contributed by atoms with Crippen molar-refractivity contribution in [3.05, 3.63) is 72.9 Å². The van der Waals surface area contributed by atoms with Crippen molar-refractivity contribution in [3.8, 4) is 0 Å². The molecule has 0 aliphatic rings. The van der Waals surface area contributed by atoms with Gasteiger partial charge in [0, 0.05) is 0 Å². The van der Waals surface area contributed by atoms with Gasteiger partial charge < -0.3 is 9.47 Å². The van der Waals surface area contributed by atoms with Gasteiger partial charge in [0.1, 0.15) is 6.42 Å². The van der Waals surface area contributed by atoms with Crippen molar-refractivity contribution in [1.82, 2.24) is 0 Å². The smallest absolute Gasteiger partial charge is 0.317 e. The molecule has 43 heavy (non-hydrogen) atoms. The summed E-state index contributed by atoms with van der Waals surface area (Å²) >= 11 is 0. The summed E-state index contributed by atoms with van der Waals surface area (Å²) in [5.41, 5.74) is 0. The fourth-order valence-corrected chi connectivity index (χ4v) is 4.33. The first-order valence-electron chi connectivity index (χ1n) is 17.5. The zero-order valence-corrected chi connectivity index (χ0v) is 27.8. The second kappa shape index (κ2) is 35.6. The molecule has 0 amide bonds. The Balaban J connectivity index is 3.45. The lowest BCUT2D eigenvalue weighted by Crippen LogP contribution is -2.15. The molecule has 0 radical (unpaired) electrons. The van der Waals surface area contributed by atoms with E-state index in [-0.39, 0.29) is 6.42 Å². The second-order valence-electron chi connectivity index (χ2n) is 11.2. The maximum absolute atomic E-state index is 11.8. The number of hydrogen-bond acceptors (Lipinski definition) is 4. The van der Waals surface area contributed by atoms with Gasteiger partial charge in [-0.2, -0.15) is 0 Å². The number of allylic oxidation sites excluding steroid dienone is 12. The normalized spacial score (nSPS) is 12.3. The van der Waals surface area contributed by atoms with Crippen LogP contribution in [0.2, 0.25) is 0 Å². The number of unbranched alkanes of at least 4 members (excludes halogenated alkanes) is 16. The Bertz CT molecular complexity index is 734. The number of hydrogen-bond donors (Lipinski definition) is 0. The molecular weight excluding hydrogens is 532 g/mol. The van der Waals surface area contributed by atoms with Gasteiger partial charge in [-0.05, 0) is 51.4 Å². The summed E-state index contributed by atoms with van der Waals surface area (Å²) in [6.45, 7) is 5.20. The van der Waals surface area contributed by atoms with Crippen molar-refractivity contribution in [1.29, 1.82) is 0 Å². The summed E-state index contributed by atoms with van der Waals surface area (Å²) in [5, 5.41) is 0. The number of carbonyl (C=O) groups excluding carboxylic acids is 2. The SMILES string of the molecule is CCCCC=CC=CC=CCCCCCCCCOC(=O)CC(=O)OCCCCCCCCC=CC=CC=CCCCC. The van der Waals surface area contributed by atoms with Gasteiger partial charge in [-0.3, -0.25) is 9.59 Å². The maximum atomic E-state index is 11.8. The second-order valence-corrected chi connectivity index (χ2v) is 11.2. The van der Waals surface area contributed by atoms with E-state index in [9.17, 15) is 9.59 Å². The van der Waals surface area contributed by atoms with Crippen LogP contribution >= 0.6 is 0 Å². The lowest BCUT2D eigenvalue weighted by molar-refractivity contribution is -0.154. The van der Waals surface area contributed by atoms with Crippen LogP contribution in [0, 0.1) is 0 Å². The Kier molecular flexibility index (Phi) is 33.4. The van der Waals surface area contributed by atoms with Gasteiger partial charge in [-0.1, -0.05) is 164 Å². The number of ether oxygens (including phenoxy) is 2. The summed E-state index contributed by atoms with van der Waals surface area (Å²) in [5.74, 6) is -0.953. The van der Waals surface area contributed by atoms with E-state index >= 15 is 0 Å². The fourth-order valence-electron chi connectivity index (χ4n) is 4.33. The summed E-state index contributed by atoms with van der Waals surface area (Å²) in [7, 11) is 0. The standard InChI is InChI=1S/C39H64O4/c1-3-5-7-9-11-13-15-17-19-21-23-25-27-29-31-33-35-42-38(40)37-39(41)43-36-34-32-30-28-26-24-22-20-18-16-14-12-10-8-6-4-2/h9-20H,3-8,21-37H2,1-2H3. The van der Waals surface area contributed by atoms with E-state index < -0.39 is 11.9 Å². The third-order valence-electron chi connectivity index (χ3n) is 7.00. The molecule has 0 spiro atoms. The molecule has 0 rings (SSSR count). The van der Waals surface area contributed by atoms with Gasteiger partial charge in [-0.25, -0.2) is 0 Å². The van der Waals surface area contributed by atoms with E-state index in [2.05, 4.69) is 86.8 Å². The Morgan fingerprint density at radius 1 is 0.395 bits per heavy atom. The highest BCUT2D eigenvalue weighted by Crippen LogP contribution is 2.09. The van der Waals surface area contributed by atoms with E-state index in [1.165, 1.54) is 64.2 Å². The lowest BCUT2D eigenvalue weighted by Gasteiger charge is -2.06. The molecule has 0 aromatic carbocycles. The van der Waals surface area contributed by atoms with E-state index in [4.69, 9.17) is 9.47 Å². The highest BCUT2D eigenvalue weighted by Gasteiger charge is 2.11. The minimum Gasteiger partial charge on any atom is -0.465 e. The molecule has 0 aromatic heterocycles. The van der Waals surface area contributed by atoms with Crippen LogP contribution in [0.4, 0.5) is 0 Å². The van der Waals surface area contributed by atoms with Crippen LogP contribution in [-0.4, -0.2) is 25.2 Å². The third kappa shape index (κ3) is 35.5. The topological polar surface area (TPSA) is 52.6 Å². The maximum Gasteiger partial charge on any atom is 0.317 e. The van der Waals surface area contributed by atoms with Crippen LogP contribution in [0.5, 0.6) is 0 Å². The highest BCUT2D eigenvalue weighted by atomic mass is 16.6. The Hall–Kier alpha value is -2.62. The van der Waals surface area contributed by atoms with E-state index in [0.717, 1.165) is 64.2 Å². The van der Waals surface area contributed by atoms with Crippen molar-refractivity contribution in [2.24, 2.45) is 0 Å².